The topological polar surface area (TPSA) is 3.24 Å². The van der Waals surface area contributed by atoms with Crippen LogP contribution in [0.2, 0.25) is 0 Å². The van der Waals surface area contributed by atoms with Crippen LogP contribution >= 0.6 is 11.6 Å². The van der Waals surface area contributed by atoms with E-state index in [2.05, 4.69) is 18.5 Å². The van der Waals surface area contributed by atoms with Gasteiger partial charge in [0.05, 0.1) is 0 Å². The number of likely N-dealkylation sites (N-methyl/N-ethyl adjacent to an activating group) is 1. The normalized spacial score (nSPS) is 17.9. The lowest BCUT2D eigenvalue weighted by Gasteiger charge is -2.30. The molecule has 0 aromatic carbocycles. The lowest BCUT2D eigenvalue weighted by molar-refractivity contribution is 0.215. The van der Waals surface area contributed by atoms with Crippen LogP contribution in [0.15, 0.2) is 12.2 Å². The van der Waals surface area contributed by atoms with Gasteiger partial charge in [-0.25, -0.2) is 0 Å². The first kappa shape index (κ1) is 10.1. The van der Waals surface area contributed by atoms with Gasteiger partial charge in [0, 0.05) is 19.0 Å². The lowest BCUT2D eigenvalue weighted by Crippen LogP contribution is -2.30. The molecule has 12 heavy (non-hydrogen) atoms. The molecular weight excluding hydrogens is 170 g/mol. The predicted molar refractivity (Wildman–Crippen MR) is 54.7 cm³/mol. The molecule has 1 saturated carbocycles. The highest BCUT2D eigenvalue weighted by Crippen LogP contribution is 2.26. The predicted octanol–water partition coefficient (Wildman–Crippen LogP) is 2.51. The van der Waals surface area contributed by atoms with Crippen molar-refractivity contribution in [3.8, 4) is 0 Å². The van der Waals surface area contributed by atoms with E-state index >= 15 is 0 Å². The molecule has 0 aromatic rings. The van der Waals surface area contributed by atoms with Gasteiger partial charge in [-0.1, -0.05) is 13.0 Å². The number of rotatable bonds is 5. The number of nitrogens with zero attached hydrogens (tertiary/aromatic N) is 1. The summed E-state index contributed by atoms with van der Waals surface area (Å²) in [4.78, 5) is 2.33. The van der Waals surface area contributed by atoms with E-state index < -0.39 is 0 Å². The molecule has 1 fully saturated rings. The van der Waals surface area contributed by atoms with Crippen LogP contribution in [0.25, 0.3) is 0 Å². The van der Waals surface area contributed by atoms with Crippen molar-refractivity contribution < 1.29 is 0 Å². The van der Waals surface area contributed by atoms with Crippen LogP contribution < -0.4 is 0 Å². The summed E-state index contributed by atoms with van der Waals surface area (Å²) in [5.41, 5.74) is 1.12. The minimum absolute atomic E-state index is 0.592. The highest BCUT2D eigenvalue weighted by atomic mass is 35.5. The van der Waals surface area contributed by atoms with E-state index in [1.807, 2.05) is 0 Å². The molecule has 2 heteroatoms. The Hall–Kier alpha value is -0.0100. The van der Waals surface area contributed by atoms with Crippen molar-refractivity contribution in [3.05, 3.63) is 12.2 Å². The number of halogens is 1. The van der Waals surface area contributed by atoms with Gasteiger partial charge in [-0.3, -0.25) is 0 Å². The molecule has 0 radical (unpaired) electrons. The number of hydrogen-bond acceptors (Lipinski definition) is 1. The second kappa shape index (κ2) is 4.88. The Morgan fingerprint density at radius 3 is 2.67 bits per heavy atom. The molecule has 1 aliphatic rings. The summed E-state index contributed by atoms with van der Waals surface area (Å²) in [7, 11) is 2.15. The summed E-state index contributed by atoms with van der Waals surface area (Å²) < 4.78 is 0. The summed E-state index contributed by atoms with van der Waals surface area (Å²) in [5, 5.41) is 0. The fraction of sp³-hybridized carbons (Fsp3) is 0.800. The molecule has 0 atom stereocenters. The Kier molecular flexibility index (Phi) is 4.10. The van der Waals surface area contributed by atoms with E-state index in [-0.39, 0.29) is 0 Å². The Morgan fingerprint density at radius 1 is 1.58 bits per heavy atom. The summed E-state index contributed by atoms with van der Waals surface area (Å²) in [5.74, 6) is 1.53. The Morgan fingerprint density at radius 2 is 2.25 bits per heavy atom. The van der Waals surface area contributed by atoms with E-state index in [4.69, 9.17) is 11.6 Å². The van der Waals surface area contributed by atoms with Gasteiger partial charge in [0.15, 0.2) is 0 Å². The molecule has 0 heterocycles. The molecule has 0 aromatic heterocycles. The lowest BCUT2D eigenvalue weighted by atomic mass is 9.85. The van der Waals surface area contributed by atoms with Crippen LogP contribution in [-0.2, 0) is 0 Å². The molecule has 0 bridgehead atoms. The highest BCUT2D eigenvalue weighted by molar-refractivity contribution is 6.19. The monoisotopic (exact) mass is 187 g/mol. The first-order valence-corrected chi connectivity index (χ1v) is 5.17. The molecular formula is C10H18ClN. The Bertz CT molecular complexity index is 152. The van der Waals surface area contributed by atoms with Crippen LogP contribution in [0.4, 0.5) is 0 Å². The maximum absolute atomic E-state index is 5.65. The van der Waals surface area contributed by atoms with E-state index in [0.717, 1.165) is 18.0 Å². The van der Waals surface area contributed by atoms with Gasteiger partial charge in [0.25, 0.3) is 0 Å². The third kappa shape index (κ3) is 3.16. The average molecular weight is 188 g/mol. The van der Waals surface area contributed by atoms with Crippen LogP contribution in [0, 0.1) is 5.92 Å². The molecule has 1 aliphatic carbocycles. The van der Waals surface area contributed by atoms with E-state index in [9.17, 15) is 0 Å². The van der Waals surface area contributed by atoms with Crippen LogP contribution in [0.3, 0.4) is 0 Å². The van der Waals surface area contributed by atoms with Gasteiger partial charge in [-0.2, -0.15) is 0 Å². The standard InChI is InChI=1S/C10H18ClN/c1-9(6-11)7-12(2)8-10-4-3-5-10/h10H,1,3-8H2,2H3. The first-order chi connectivity index (χ1) is 5.72. The van der Waals surface area contributed by atoms with Gasteiger partial charge < -0.3 is 4.90 Å². The van der Waals surface area contributed by atoms with E-state index in [0.29, 0.717) is 5.88 Å². The van der Waals surface area contributed by atoms with Gasteiger partial charge >= 0.3 is 0 Å². The molecule has 0 spiro atoms. The Balaban J connectivity index is 2.10. The number of alkyl halides is 1. The third-order valence-electron chi connectivity index (χ3n) is 2.48. The zero-order valence-electron chi connectivity index (χ0n) is 7.85. The summed E-state index contributed by atoms with van der Waals surface area (Å²) in [6.07, 6.45) is 4.25. The van der Waals surface area contributed by atoms with Crippen molar-refractivity contribution in [3.63, 3.8) is 0 Å². The first-order valence-electron chi connectivity index (χ1n) is 4.63. The molecule has 0 N–H and O–H groups in total. The Labute approximate surface area is 80.4 Å². The van der Waals surface area contributed by atoms with Crippen molar-refractivity contribution in [2.75, 3.05) is 26.0 Å². The quantitative estimate of drug-likeness (QED) is 0.472. The maximum Gasteiger partial charge on any atom is 0.0443 e. The largest absolute Gasteiger partial charge is 0.302 e. The molecule has 0 saturated heterocycles. The van der Waals surface area contributed by atoms with E-state index in [1.54, 1.807) is 0 Å². The fourth-order valence-electron chi connectivity index (χ4n) is 1.60. The second-order valence-corrected chi connectivity index (χ2v) is 4.14. The molecule has 1 nitrogen and oxygen atoms in total. The van der Waals surface area contributed by atoms with Crippen molar-refractivity contribution >= 4 is 11.6 Å². The second-order valence-electron chi connectivity index (χ2n) is 3.88. The molecule has 0 unspecified atom stereocenters. The van der Waals surface area contributed by atoms with E-state index in [1.165, 1.54) is 25.8 Å². The maximum atomic E-state index is 5.65. The van der Waals surface area contributed by atoms with Crippen molar-refractivity contribution in [1.29, 1.82) is 0 Å². The molecule has 70 valence electrons. The fourth-order valence-corrected chi connectivity index (χ4v) is 1.69. The van der Waals surface area contributed by atoms with Gasteiger partial charge in [-0.15, -0.1) is 11.6 Å². The number of hydrogen-bond donors (Lipinski definition) is 0. The van der Waals surface area contributed by atoms with Crippen molar-refractivity contribution in [1.82, 2.24) is 4.90 Å². The summed E-state index contributed by atoms with van der Waals surface area (Å²) in [6, 6.07) is 0. The zero-order chi connectivity index (χ0) is 8.97. The third-order valence-corrected chi connectivity index (χ3v) is 2.86. The molecule has 1 rings (SSSR count). The van der Waals surface area contributed by atoms with Gasteiger partial charge in [0.1, 0.15) is 0 Å². The SMILES string of the molecule is C=C(CCl)CN(C)CC1CCC1. The average Bonchev–Trinajstić information content (AvgIpc) is 1.97. The van der Waals surface area contributed by atoms with Crippen molar-refractivity contribution in [2.24, 2.45) is 5.92 Å². The van der Waals surface area contributed by atoms with Crippen LogP contribution in [0.1, 0.15) is 19.3 Å². The van der Waals surface area contributed by atoms with Gasteiger partial charge in [0.2, 0.25) is 0 Å². The highest BCUT2D eigenvalue weighted by Gasteiger charge is 2.18. The summed E-state index contributed by atoms with van der Waals surface area (Å²) in [6.45, 7) is 6.07. The minimum Gasteiger partial charge on any atom is -0.302 e. The summed E-state index contributed by atoms with van der Waals surface area (Å²) >= 11 is 5.65. The van der Waals surface area contributed by atoms with Crippen LogP contribution in [-0.4, -0.2) is 30.9 Å². The van der Waals surface area contributed by atoms with Crippen LogP contribution in [0.5, 0.6) is 0 Å². The van der Waals surface area contributed by atoms with Gasteiger partial charge in [-0.05, 0) is 31.4 Å². The minimum atomic E-state index is 0.592. The molecule has 0 amide bonds. The molecule has 0 aliphatic heterocycles. The van der Waals surface area contributed by atoms with Crippen molar-refractivity contribution in [2.45, 2.75) is 19.3 Å². The smallest absolute Gasteiger partial charge is 0.0443 e. The zero-order valence-corrected chi connectivity index (χ0v) is 8.61.